The number of aromatic nitrogens is 2. The van der Waals surface area contributed by atoms with E-state index in [0.717, 1.165) is 55.1 Å². The number of piperidine rings is 1. The van der Waals surface area contributed by atoms with Crippen molar-refractivity contribution >= 4 is 0 Å². The summed E-state index contributed by atoms with van der Waals surface area (Å²) in [6.45, 7) is 9.08. The highest BCUT2D eigenvalue weighted by Crippen LogP contribution is 2.33. The molecular formula is C21H27N3O3. The summed E-state index contributed by atoms with van der Waals surface area (Å²) in [7, 11) is 1.67. The van der Waals surface area contributed by atoms with E-state index < -0.39 is 0 Å². The van der Waals surface area contributed by atoms with Gasteiger partial charge in [0.25, 0.3) is 0 Å². The molecule has 0 unspecified atom stereocenters. The molecule has 0 atom stereocenters. The number of likely N-dealkylation sites (tertiary alicyclic amines) is 1. The van der Waals surface area contributed by atoms with Crippen LogP contribution in [-0.2, 0) is 6.54 Å². The van der Waals surface area contributed by atoms with Gasteiger partial charge in [-0.3, -0.25) is 4.90 Å². The molecule has 6 nitrogen and oxygen atoms in total. The van der Waals surface area contributed by atoms with Gasteiger partial charge < -0.3 is 14.2 Å². The lowest BCUT2D eigenvalue weighted by Crippen LogP contribution is -2.38. The van der Waals surface area contributed by atoms with Crippen molar-refractivity contribution in [2.24, 2.45) is 0 Å². The zero-order valence-corrected chi connectivity index (χ0v) is 16.1. The van der Waals surface area contributed by atoms with Crippen molar-refractivity contribution < 1.29 is 14.2 Å². The van der Waals surface area contributed by atoms with Crippen molar-refractivity contribution in [1.29, 1.82) is 0 Å². The summed E-state index contributed by atoms with van der Waals surface area (Å²) in [5.41, 5.74) is 2.11. The molecule has 2 heterocycles. The Bertz CT molecular complexity index is 744. The largest absolute Gasteiger partial charge is 0.493 e. The normalized spacial score (nSPS) is 15.3. The molecule has 0 spiro atoms. The van der Waals surface area contributed by atoms with Crippen LogP contribution in [0.15, 0.2) is 48.8 Å². The fourth-order valence-electron chi connectivity index (χ4n) is 3.13. The summed E-state index contributed by atoms with van der Waals surface area (Å²) in [4.78, 5) is 10.7. The molecule has 0 amide bonds. The van der Waals surface area contributed by atoms with Gasteiger partial charge >= 0.3 is 6.01 Å². The van der Waals surface area contributed by atoms with Gasteiger partial charge in [-0.1, -0.05) is 18.7 Å². The number of para-hydroxylation sites is 1. The zero-order chi connectivity index (χ0) is 19.1. The predicted molar refractivity (Wildman–Crippen MR) is 104 cm³/mol. The SMILES string of the molecule is C=C(C)COc1c(CN2CCC(Oc3ncccn3)CC2)cccc1OC. The molecule has 1 fully saturated rings. The van der Waals surface area contributed by atoms with Gasteiger partial charge in [-0.25, -0.2) is 9.97 Å². The second-order valence-corrected chi connectivity index (χ2v) is 6.82. The molecule has 1 aliphatic heterocycles. The van der Waals surface area contributed by atoms with Crippen LogP contribution < -0.4 is 14.2 Å². The van der Waals surface area contributed by atoms with Crippen LogP contribution in [0.4, 0.5) is 0 Å². The Hall–Kier alpha value is -2.60. The summed E-state index contributed by atoms with van der Waals surface area (Å²) < 4.78 is 17.3. The number of hydrogen-bond donors (Lipinski definition) is 0. The number of nitrogens with zero attached hydrogens (tertiary/aromatic N) is 3. The zero-order valence-electron chi connectivity index (χ0n) is 16.1. The molecule has 0 saturated carbocycles. The highest BCUT2D eigenvalue weighted by molar-refractivity contribution is 5.46. The first-order valence-electron chi connectivity index (χ1n) is 9.25. The average Bonchev–Trinajstić information content (AvgIpc) is 2.69. The summed E-state index contributed by atoms with van der Waals surface area (Å²) in [5, 5.41) is 0. The average molecular weight is 369 g/mol. The number of ether oxygens (including phenoxy) is 3. The van der Waals surface area contributed by atoms with E-state index >= 15 is 0 Å². The van der Waals surface area contributed by atoms with Gasteiger partial charge in [0.2, 0.25) is 0 Å². The Morgan fingerprint density at radius 2 is 1.93 bits per heavy atom. The Kier molecular flexibility index (Phi) is 6.65. The Morgan fingerprint density at radius 1 is 1.19 bits per heavy atom. The van der Waals surface area contributed by atoms with Crippen molar-refractivity contribution in [1.82, 2.24) is 14.9 Å². The third kappa shape index (κ3) is 5.44. The maximum atomic E-state index is 5.97. The topological polar surface area (TPSA) is 56.7 Å². The van der Waals surface area contributed by atoms with Crippen LogP contribution in [0.25, 0.3) is 0 Å². The predicted octanol–water partition coefficient (Wildman–Crippen LogP) is 3.48. The Morgan fingerprint density at radius 3 is 2.59 bits per heavy atom. The maximum absolute atomic E-state index is 5.97. The van der Waals surface area contributed by atoms with E-state index in [4.69, 9.17) is 14.2 Å². The molecule has 0 N–H and O–H groups in total. The first kappa shape index (κ1) is 19.2. The fraction of sp³-hybridized carbons (Fsp3) is 0.429. The third-order valence-electron chi connectivity index (χ3n) is 4.49. The number of rotatable bonds is 8. The molecular weight excluding hydrogens is 342 g/mol. The Labute approximate surface area is 160 Å². The minimum Gasteiger partial charge on any atom is -0.493 e. The molecule has 2 aromatic rings. The second kappa shape index (κ2) is 9.37. The van der Waals surface area contributed by atoms with Crippen LogP contribution in [0.3, 0.4) is 0 Å². The standard InChI is InChI=1S/C21H27N3O3/c1-16(2)15-26-20-17(6-4-7-19(20)25-3)14-24-12-8-18(9-13-24)27-21-22-10-5-11-23-21/h4-7,10-11,18H,1,8-9,12-15H2,2-3H3. The van der Waals surface area contributed by atoms with Crippen LogP contribution in [0.1, 0.15) is 25.3 Å². The van der Waals surface area contributed by atoms with E-state index in [1.165, 1.54) is 0 Å². The van der Waals surface area contributed by atoms with E-state index in [1.54, 1.807) is 25.6 Å². The summed E-state index contributed by atoms with van der Waals surface area (Å²) >= 11 is 0. The van der Waals surface area contributed by atoms with Crippen LogP contribution in [0.5, 0.6) is 17.5 Å². The smallest absolute Gasteiger partial charge is 0.316 e. The van der Waals surface area contributed by atoms with Gasteiger partial charge in [-0.15, -0.1) is 0 Å². The fourth-order valence-corrected chi connectivity index (χ4v) is 3.13. The van der Waals surface area contributed by atoms with Crippen LogP contribution in [0.2, 0.25) is 0 Å². The molecule has 1 aliphatic rings. The third-order valence-corrected chi connectivity index (χ3v) is 4.49. The minimum atomic E-state index is 0.160. The van der Waals surface area contributed by atoms with Gasteiger partial charge in [0.15, 0.2) is 11.5 Å². The highest BCUT2D eigenvalue weighted by atomic mass is 16.5. The number of methoxy groups -OCH3 is 1. The molecule has 6 heteroatoms. The molecule has 27 heavy (non-hydrogen) atoms. The van der Waals surface area contributed by atoms with Gasteiger partial charge in [0.05, 0.1) is 7.11 Å². The van der Waals surface area contributed by atoms with E-state index in [1.807, 2.05) is 19.1 Å². The van der Waals surface area contributed by atoms with E-state index in [2.05, 4.69) is 27.5 Å². The molecule has 144 valence electrons. The van der Waals surface area contributed by atoms with E-state index in [9.17, 15) is 0 Å². The number of benzene rings is 1. The van der Waals surface area contributed by atoms with Crippen molar-refractivity contribution in [2.45, 2.75) is 32.4 Å². The summed E-state index contributed by atoms with van der Waals surface area (Å²) in [5.74, 6) is 1.56. The van der Waals surface area contributed by atoms with Crippen molar-refractivity contribution in [2.75, 3.05) is 26.8 Å². The minimum absolute atomic E-state index is 0.160. The quantitative estimate of drug-likeness (QED) is 0.664. The molecule has 1 aromatic carbocycles. The van der Waals surface area contributed by atoms with Crippen LogP contribution >= 0.6 is 0 Å². The molecule has 0 bridgehead atoms. The lowest BCUT2D eigenvalue weighted by Gasteiger charge is -2.32. The number of hydrogen-bond acceptors (Lipinski definition) is 6. The molecule has 3 rings (SSSR count). The van der Waals surface area contributed by atoms with Crippen molar-refractivity contribution in [3.05, 3.63) is 54.4 Å². The van der Waals surface area contributed by atoms with E-state index in [0.29, 0.717) is 12.6 Å². The van der Waals surface area contributed by atoms with Crippen LogP contribution in [-0.4, -0.2) is 47.8 Å². The molecule has 1 aromatic heterocycles. The lowest BCUT2D eigenvalue weighted by atomic mass is 10.1. The highest BCUT2D eigenvalue weighted by Gasteiger charge is 2.23. The first-order valence-corrected chi connectivity index (χ1v) is 9.25. The van der Waals surface area contributed by atoms with Crippen molar-refractivity contribution in [3.63, 3.8) is 0 Å². The van der Waals surface area contributed by atoms with Gasteiger partial charge in [0, 0.05) is 37.6 Å². The van der Waals surface area contributed by atoms with Gasteiger partial charge in [-0.05, 0) is 37.5 Å². The Balaban J connectivity index is 1.59. The second-order valence-electron chi connectivity index (χ2n) is 6.82. The molecule has 1 saturated heterocycles. The summed E-state index contributed by atoms with van der Waals surface area (Å²) in [6, 6.07) is 8.27. The van der Waals surface area contributed by atoms with E-state index in [-0.39, 0.29) is 6.10 Å². The monoisotopic (exact) mass is 369 g/mol. The maximum Gasteiger partial charge on any atom is 0.316 e. The van der Waals surface area contributed by atoms with Gasteiger partial charge in [-0.2, -0.15) is 0 Å². The van der Waals surface area contributed by atoms with Crippen LogP contribution in [0, 0.1) is 0 Å². The van der Waals surface area contributed by atoms with Gasteiger partial charge in [0.1, 0.15) is 12.7 Å². The molecule has 0 aliphatic carbocycles. The summed E-state index contributed by atoms with van der Waals surface area (Å²) in [6.07, 6.45) is 5.46. The van der Waals surface area contributed by atoms with Crippen molar-refractivity contribution in [3.8, 4) is 17.5 Å². The first-order chi connectivity index (χ1) is 13.2. The lowest BCUT2D eigenvalue weighted by molar-refractivity contribution is 0.0887. The molecule has 0 radical (unpaired) electrons.